The molecule has 1 aromatic carbocycles. The molecule has 0 saturated carbocycles. The lowest BCUT2D eigenvalue weighted by molar-refractivity contribution is -0.115. The van der Waals surface area contributed by atoms with E-state index in [4.69, 9.17) is 9.47 Å². The first kappa shape index (κ1) is 10.2. The van der Waals surface area contributed by atoms with Gasteiger partial charge in [-0.15, -0.1) is 0 Å². The summed E-state index contributed by atoms with van der Waals surface area (Å²) in [6.07, 6.45) is 0.400. The lowest BCUT2D eigenvalue weighted by Gasteiger charge is -2.04. The number of nitrogens with one attached hydrogen (secondary N) is 1. The van der Waals surface area contributed by atoms with Gasteiger partial charge < -0.3 is 14.8 Å². The minimum absolute atomic E-state index is 0.0520. The van der Waals surface area contributed by atoms with Gasteiger partial charge in [0.25, 0.3) is 0 Å². The van der Waals surface area contributed by atoms with Gasteiger partial charge in [-0.2, -0.15) is 12.6 Å². The van der Waals surface area contributed by atoms with Gasteiger partial charge in [-0.3, -0.25) is 4.79 Å². The van der Waals surface area contributed by atoms with Crippen LogP contribution in [0.1, 0.15) is 6.42 Å². The predicted molar refractivity (Wildman–Crippen MR) is 59.7 cm³/mol. The van der Waals surface area contributed by atoms with Crippen molar-refractivity contribution >= 4 is 24.2 Å². The van der Waals surface area contributed by atoms with E-state index in [0.29, 0.717) is 29.4 Å². The fourth-order valence-corrected chi connectivity index (χ4v) is 1.50. The van der Waals surface area contributed by atoms with Crippen molar-refractivity contribution in [2.24, 2.45) is 0 Å². The number of hydrogen-bond donors (Lipinski definition) is 2. The molecule has 0 bridgehead atoms. The highest BCUT2D eigenvalue weighted by Crippen LogP contribution is 2.34. The standard InChI is InChI=1S/C10H11NO3S/c12-10(3-4-15)11-7-1-2-8-9(5-7)14-6-13-8/h1-2,5,15H,3-4,6H2,(H,11,12). The molecule has 1 aliphatic heterocycles. The second-order valence-corrected chi connectivity index (χ2v) is 3.54. The van der Waals surface area contributed by atoms with E-state index in [9.17, 15) is 4.79 Å². The van der Waals surface area contributed by atoms with Crippen molar-refractivity contribution in [2.75, 3.05) is 17.9 Å². The van der Waals surface area contributed by atoms with E-state index in [2.05, 4.69) is 17.9 Å². The predicted octanol–water partition coefficient (Wildman–Crippen LogP) is 1.67. The first-order valence-corrected chi connectivity index (χ1v) is 5.23. The summed E-state index contributed by atoms with van der Waals surface area (Å²) in [5.74, 6) is 1.86. The number of hydrogen-bond acceptors (Lipinski definition) is 4. The number of carbonyl (C=O) groups excluding carboxylic acids is 1. The Morgan fingerprint density at radius 3 is 3.00 bits per heavy atom. The Labute approximate surface area is 93.0 Å². The number of anilines is 1. The molecule has 80 valence electrons. The molecule has 0 aromatic heterocycles. The summed E-state index contributed by atoms with van der Waals surface area (Å²) in [6, 6.07) is 5.31. The van der Waals surface area contributed by atoms with E-state index < -0.39 is 0 Å². The van der Waals surface area contributed by atoms with Crippen molar-refractivity contribution in [3.8, 4) is 11.5 Å². The van der Waals surface area contributed by atoms with Crippen LogP contribution in [-0.2, 0) is 4.79 Å². The molecule has 0 radical (unpaired) electrons. The highest BCUT2D eigenvalue weighted by atomic mass is 32.1. The maximum atomic E-state index is 11.3. The van der Waals surface area contributed by atoms with Crippen LogP contribution in [0.25, 0.3) is 0 Å². The summed E-state index contributed by atoms with van der Waals surface area (Å²) in [4.78, 5) is 11.3. The van der Waals surface area contributed by atoms with Gasteiger partial charge in [-0.25, -0.2) is 0 Å². The number of amides is 1. The third-order valence-corrected chi connectivity index (χ3v) is 2.22. The number of carbonyl (C=O) groups is 1. The Bertz CT molecular complexity index is 381. The quantitative estimate of drug-likeness (QED) is 0.769. The second-order valence-electron chi connectivity index (χ2n) is 3.09. The fraction of sp³-hybridized carbons (Fsp3) is 0.300. The van der Waals surface area contributed by atoms with E-state index >= 15 is 0 Å². The molecule has 1 aromatic rings. The van der Waals surface area contributed by atoms with Gasteiger partial charge in [0, 0.05) is 18.2 Å². The van der Waals surface area contributed by atoms with Crippen molar-refractivity contribution < 1.29 is 14.3 Å². The van der Waals surface area contributed by atoms with E-state index in [-0.39, 0.29) is 12.7 Å². The molecule has 4 nitrogen and oxygen atoms in total. The Morgan fingerprint density at radius 2 is 2.20 bits per heavy atom. The first-order chi connectivity index (χ1) is 7.29. The van der Waals surface area contributed by atoms with Crippen LogP contribution in [0.5, 0.6) is 11.5 Å². The molecule has 5 heteroatoms. The van der Waals surface area contributed by atoms with Crippen LogP contribution in [0.4, 0.5) is 5.69 Å². The molecule has 1 N–H and O–H groups in total. The van der Waals surface area contributed by atoms with Crippen molar-refractivity contribution in [3.63, 3.8) is 0 Å². The molecule has 15 heavy (non-hydrogen) atoms. The minimum Gasteiger partial charge on any atom is -0.454 e. The Kier molecular flexibility index (Phi) is 3.01. The Balaban J connectivity index is 2.06. The van der Waals surface area contributed by atoms with Gasteiger partial charge in [0.05, 0.1) is 0 Å². The van der Waals surface area contributed by atoms with E-state index in [1.54, 1.807) is 18.2 Å². The average molecular weight is 225 g/mol. The van der Waals surface area contributed by atoms with Crippen LogP contribution >= 0.6 is 12.6 Å². The molecule has 1 aliphatic rings. The van der Waals surface area contributed by atoms with Crippen molar-refractivity contribution in [1.82, 2.24) is 0 Å². The summed E-state index contributed by atoms with van der Waals surface area (Å²) in [6.45, 7) is 0.239. The Morgan fingerprint density at radius 1 is 1.40 bits per heavy atom. The third-order valence-electron chi connectivity index (χ3n) is 2.00. The summed E-state index contributed by atoms with van der Waals surface area (Å²) < 4.78 is 10.4. The molecule has 0 spiro atoms. The van der Waals surface area contributed by atoms with Crippen LogP contribution in [0.2, 0.25) is 0 Å². The number of benzene rings is 1. The Hall–Kier alpha value is -1.36. The molecule has 0 atom stereocenters. The first-order valence-electron chi connectivity index (χ1n) is 4.60. The molecule has 2 rings (SSSR count). The summed E-state index contributed by atoms with van der Waals surface area (Å²) >= 11 is 3.99. The van der Waals surface area contributed by atoms with E-state index in [1.807, 2.05) is 0 Å². The number of rotatable bonds is 3. The molecular weight excluding hydrogens is 214 g/mol. The molecule has 0 fully saturated rings. The maximum absolute atomic E-state index is 11.3. The van der Waals surface area contributed by atoms with E-state index in [1.165, 1.54) is 0 Å². The lowest BCUT2D eigenvalue weighted by Crippen LogP contribution is -2.11. The summed E-state index contributed by atoms with van der Waals surface area (Å²) in [7, 11) is 0. The molecular formula is C10H11NO3S. The molecule has 0 aliphatic carbocycles. The molecule has 0 unspecified atom stereocenters. The van der Waals surface area contributed by atoms with Gasteiger partial charge >= 0.3 is 0 Å². The molecule has 0 saturated heterocycles. The van der Waals surface area contributed by atoms with Gasteiger partial charge in [0.1, 0.15) is 0 Å². The number of thiol groups is 1. The van der Waals surface area contributed by atoms with Gasteiger partial charge in [0.2, 0.25) is 12.7 Å². The molecule has 1 amide bonds. The maximum Gasteiger partial charge on any atom is 0.231 e. The normalized spacial score (nSPS) is 12.6. The van der Waals surface area contributed by atoms with Crippen molar-refractivity contribution in [1.29, 1.82) is 0 Å². The highest BCUT2D eigenvalue weighted by molar-refractivity contribution is 7.80. The third kappa shape index (κ3) is 2.36. The lowest BCUT2D eigenvalue weighted by atomic mass is 10.2. The topological polar surface area (TPSA) is 47.6 Å². The second kappa shape index (κ2) is 4.44. The van der Waals surface area contributed by atoms with Gasteiger partial charge in [-0.1, -0.05) is 0 Å². The zero-order valence-corrected chi connectivity index (χ0v) is 8.92. The monoisotopic (exact) mass is 225 g/mol. The van der Waals surface area contributed by atoms with Crippen molar-refractivity contribution in [3.05, 3.63) is 18.2 Å². The van der Waals surface area contributed by atoms with Crippen molar-refractivity contribution in [2.45, 2.75) is 6.42 Å². The van der Waals surface area contributed by atoms with Crippen LogP contribution in [-0.4, -0.2) is 18.5 Å². The smallest absolute Gasteiger partial charge is 0.231 e. The van der Waals surface area contributed by atoms with Crippen LogP contribution in [0.15, 0.2) is 18.2 Å². The summed E-state index contributed by atoms with van der Waals surface area (Å²) in [5.41, 5.74) is 0.714. The van der Waals surface area contributed by atoms with Gasteiger partial charge in [0.15, 0.2) is 11.5 Å². The largest absolute Gasteiger partial charge is 0.454 e. The fourth-order valence-electron chi connectivity index (χ4n) is 1.30. The van der Waals surface area contributed by atoms with Crippen LogP contribution < -0.4 is 14.8 Å². The van der Waals surface area contributed by atoms with Crippen LogP contribution in [0, 0.1) is 0 Å². The van der Waals surface area contributed by atoms with Gasteiger partial charge in [-0.05, 0) is 17.9 Å². The zero-order chi connectivity index (χ0) is 10.7. The molecule has 1 heterocycles. The summed E-state index contributed by atoms with van der Waals surface area (Å²) in [5, 5.41) is 2.75. The van der Waals surface area contributed by atoms with Crippen LogP contribution in [0.3, 0.4) is 0 Å². The average Bonchev–Trinajstić information content (AvgIpc) is 2.65. The minimum atomic E-state index is -0.0520. The number of fused-ring (bicyclic) bond motifs is 1. The SMILES string of the molecule is O=C(CCS)Nc1ccc2c(c1)OCO2. The number of ether oxygens (including phenoxy) is 2. The van der Waals surface area contributed by atoms with E-state index in [0.717, 1.165) is 0 Å². The highest BCUT2D eigenvalue weighted by Gasteiger charge is 2.13. The zero-order valence-electron chi connectivity index (χ0n) is 8.03.